The molecule has 0 aliphatic carbocycles. The van der Waals surface area contributed by atoms with Gasteiger partial charge in [0.05, 0.1) is 12.7 Å². The predicted octanol–water partition coefficient (Wildman–Crippen LogP) is 5.05. The van der Waals surface area contributed by atoms with Crippen LogP contribution in [0.25, 0.3) is 6.08 Å². The van der Waals surface area contributed by atoms with E-state index in [4.69, 9.17) is 18.9 Å². The highest BCUT2D eigenvalue weighted by Gasteiger charge is 2.44. The summed E-state index contributed by atoms with van der Waals surface area (Å²) in [6.07, 6.45) is 2.24. The molecule has 6 nitrogen and oxygen atoms in total. The average Bonchev–Trinajstić information content (AvgIpc) is 2.83. The summed E-state index contributed by atoms with van der Waals surface area (Å²) in [4.78, 5) is 24.1. The number of benzene rings is 2. The monoisotopic (exact) mass is 480 g/mol. The van der Waals surface area contributed by atoms with E-state index in [0.29, 0.717) is 13.0 Å². The standard InChI is InChI=1S/C29H36O6/c1-19-11-12-25(17-20(19)2)13-14-27(31)33-18-26-21(3)22(4)28(34-23(5)30)29(35-26)32-16-15-24-9-7-6-8-10-24/h6-14,17,21-22,26,28-29H,15-16,18H2,1-5H3/b14-13+. The zero-order chi connectivity index (χ0) is 25.4. The van der Waals surface area contributed by atoms with Crippen LogP contribution in [0.5, 0.6) is 0 Å². The third-order valence-electron chi connectivity index (χ3n) is 6.66. The molecule has 5 unspecified atom stereocenters. The van der Waals surface area contributed by atoms with Crippen LogP contribution in [-0.2, 0) is 35.0 Å². The maximum atomic E-state index is 12.4. The van der Waals surface area contributed by atoms with Crippen LogP contribution in [0.1, 0.15) is 43.0 Å². The van der Waals surface area contributed by atoms with Crippen molar-refractivity contribution in [2.45, 2.75) is 59.5 Å². The second-order valence-electron chi connectivity index (χ2n) is 9.25. The second kappa shape index (κ2) is 12.7. The lowest BCUT2D eigenvalue weighted by Gasteiger charge is -2.43. The summed E-state index contributed by atoms with van der Waals surface area (Å²) in [6.45, 7) is 9.98. The Morgan fingerprint density at radius 2 is 1.74 bits per heavy atom. The number of hydrogen-bond acceptors (Lipinski definition) is 6. The summed E-state index contributed by atoms with van der Waals surface area (Å²) < 4.78 is 23.3. The van der Waals surface area contributed by atoms with Crippen molar-refractivity contribution in [1.29, 1.82) is 0 Å². The fourth-order valence-corrected chi connectivity index (χ4v) is 4.12. The van der Waals surface area contributed by atoms with E-state index in [1.807, 2.05) is 76.2 Å². The van der Waals surface area contributed by atoms with Crippen molar-refractivity contribution >= 4 is 18.0 Å². The molecule has 1 heterocycles. The molecule has 0 saturated carbocycles. The van der Waals surface area contributed by atoms with Crippen molar-refractivity contribution in [3.63, 3.8) is 0 Å². The summed E-state index contributed by atoms with van der Waals surface area (Å²) in [5.74, 6) is -0.861. The predicted molar refractivity (Wildman–Crippen MR) is 135 cm³/mol. The van der Waals surface area contributed by atoms with Gasteiger partial charge in [-0.3, -0.25) is 4.79 Å². The number of ether oxygens (including phenoxy) is 4. The van der Waals surface area contributed by atoms with Gasteiger partial charge in [-0.15, -0.1) is 0 Å². The van der Waals surface area contributed by atoms with Crippen LogP contribution in [0.4, 0.5) is 0 Å². The van der Waals surface area contributed by atoms with E-state index in [-0.39, 0.29) is 30.5 Å². The number of rotatable bonds is 9. The molecule has 1 aliphatic heterocycles. The first-order valence-electron chi connectivity index (χ1n) is 12.1. The van der Waals surface area contributed by atoms with Crippen molar-refractivity contribution in [3.8, 4) is 0 Å². The maximum Gasteiger partial charge on any atom is 0.330 e. The maximum absolute atomic E-state index is 12.4. The molecule has 0 radical (unpaired) electrons. The molecule has 2 aromatic carbocycles. The molecule has 3 rings (SSSR count). The minimum absolute atomic E-state index is 0.00940. The van der Waals surface area contributed by atoms with Crippen LogP contribution in [-0.4, -0.2) is 43.7 Å². The molecule has 1 saturated heterocycles. The zero-order valence-corrected chi connectivity index (χ0v) is 21.2. The minimum Gasteiger partial charge on any atom is -0.460 e. The van der Waals surface area contributed by atoms with E-state index < -0.39 is 18.4 Å². The molecule has 5 atom stereocenters. The highest BCUT2D eigenvalue weighted by molar-refractivity contribution is 5.87. The largest absolute Gasteiger partial charge is 0.460 e. The molecule has 0 aromatic heterocycles. The molecule has 2 aromatic rings. The Balaban J connectivity index is 1.59. The molecule has 6 heteroatoms. The van der Waals surface area contributed by atoms with Crippen LogP contribution in [0, 0.1) is 25.7 Å². The smallest absolute Gasteiger partial charge is 0.330 e. The lowest BCUT2D eigenvalue weighted by Crippen LogP contribution is -2.53. The van der Waals surface area contributed by atoms with Gasteiger partial charge in [0.25, 0.3) is 0 Å². The van der Waals surface area contributed by atoms with Gasteiger partial charge in [-0.25, -0.2) is 4.79 Å². The molecule has 0 N–H and O–H groups in total. The van der Waals surface area contributed by atoms with Crippen LogP contribution < -0.4 is 0 Å². The fourth-order valence-electron chi connectivity index (χ4n) is 4.12. The van der Waals surface area contributed by atoms with Gasteiger partial charge in [0, 0.05) is 18.9 Å². The van der Waals surface area contributed by atoms with Gasteiger partial charge in [0.15, 0.2) is 12.4 Å². The Kier molecular flexibility index (Phi) is 9.64. The molecular formula is C29H36O6. The van der Waals surface area contributed by atoms with E-state index in [1.54, 1.807) is 6.08 Å². The summed E-state index contributed by atoms with van der Waals surface area (Å²) >= 11 is 0. The Morgan fingerprint density at radius 1 is 1.00 bits per heavy atom. The Labute approximate surface area is 208 Å². The first kappa shape index (κ1) is 26.6. The summed E-state index contributed by atoms with van der Waals surface area (Å²) in [7, 11) is 0. The first-order valence-corrected chi connectivity index (χ1v) is 12.1. The number of carbonyl (C=O) groups is 2. The van der Waals surface area contributed by atoms with Crippen LogP contribution in [0.3, 0.4) is 0 Å². The highest BCUT2D eigenvalue weighted by atomic mass is 16.7. The first-order chi connectivity index (χ1) is 16.7. The topological polar surface area (TPSA) is 71.1 Å². The van der Waals surface area contributed by atoms with E-state index >= 15 is 0 Å². The normalized spacial score (nSPS) is 24.3. The van der Waals surface area contributed by atoms with E-state index in [1.165, 1.54) is 24.1 Å². The van der Waals surface area contributed by atoms with Gasteiger partial charge in [-0.2, -0.15) is 0 Å². The Morgan fingerprint density at radius 3 is 2.43 bits per heavy atom. The third-order valence-corrected chi connectivity index (χ3v) is 6.66. The van der Waals surface area contributed by atoms with E-state index in [2.05, 4.69) is 0 Å². The second-order valence-corrected chi connectivity index (χ2v) is 9.25. The van der Waals surface area contributed by atoms with Crippen molar-refractivity contribution in [2.75, 3.05) is 13.2 Å². The number of aryl methyl sites for hydroxylation is 2. The fraction of sp³-hybridized carbons (Fsp3) is 0.448. The SMILES string of the molecule is CC(=O)OC1C(OCCc2ccccc2)OC(COC(=O)/C=C/c2ccc(C)c(C)c2)C(C)C1C. The van der Waals surface area contributed by atoms with Gasteiger partial charge < -0.3 is 18.9 Å². The van der Waals surface area contributed by atoms with Gasteiger partial charge >= 0.3 is 11.9 Å². The van der Waals surface area contributed by atoms with Crippen molar-refractivity contribution in [3.05, 3.63) is 76.9 Å². The van der Waals surface area contributed by atoms with Crippen LogP contribution in [0.15, 0.2) is 54.6 Å². The molecule has 1 fully saturated rings. The van der Waals surface area contributed by atoms with Crippen LogP contribution >= 0.6 is 0 Å². The Hall–Kier alpha value is -2.96. The van der Waals surface area contributed by atoms with Gasteiger partial charge in [0.1, 0.15) is 6.61 Å². The van der Waals surface area contributed by atoms with Gasteiger partial charge in [0.2, 0.25) is 0 Å². The highest BCUT2D eigenvalue weighted by Crippen LogP contribution is 2.33. The molecule has 0 bridgehead atoms. The van der Waals surface area contributed by atoms with Gasteiger partial charge in [-0.1, -0.05) is 62.4 Å². The average molecular weight is 481 g/mol. The van der Waals surface area contributed by atoms with Crippen molar-refractivity contribution in [2.24, 2.45) is 11.8 Å². The summed E-state index contributed by atoms with van der Waals surface area (Å²) in [6, 6.07) is 16.0. The van der Waals surface area contributed by atoms with Gasteiger partial charge in [-0.05, 0) is 54.5 Å². The lowest BCUT2D eigenvalue weighted by atomic mass is 9.83. The minimum atomic E-state index is -0.733. The molecule has 1 aliphatic rings. The molecule has 0 spiro atoms. The van der Waals surface area contributed by atoms with E-state index in [0.717, 1.165) is 11.1 Å². The Bertz CT molecular complexity index is 1020. The lowest BCUT2D eigenvalue weighted by molar-refractivity contribution is -0.279. The van der Waals surface area contributed by atoms with Crippen molar-refractivity contribution < 1.29 is 28.5 Å². The summed E-state index contributed by atoms with van der Waals surface area (Å²) in [5.41, 5.74) is 4.46. The van der Waals surface area contributed by atoms with E-state index in [9.17, 15) is 9.59 Å². The van der Waals surface area contributed by atoms with Crippen molar-refractivity contribution in [1.82, 2.24) is 0 Å². The number of esters is 2. The molecule has 35 heavy (non-hydrogen) atoms. The quantitative estimate of drug-likeness (QED) is 0.370. The molecule has 188 valence electrons. The third kappa shape index (κ3) is 7.77. The van der Waals surface area contributed by atoms with Crippen LogP contribution in [0.2, 0.25) is 0 Å². The summed E-state index contributed by atoms with van der Waals surface area (Å²) in [5, 5.41) is 0. The molecule has 0 amide bonds. The zero-order valence-electron chi connectivity index (χ0n) is 21.2. The number of hydrogen-bond donors (Lipinski definition) is 0. The molecular weight excluding hydrogens is 444 g/mol. The number of carbonyl (C=O) groups excluding carboxylic acids is 2.